The molecule has 1 heterocycles. The van der Waals surface area contributed by atoms with Gasteiger partial charge in [0.2, 0.25) is 11.8 Å². The van der Waals surface area contributed by atoms with E-state index in [1.54, 1.807) is 13.8 Å². The molecule has 0 bridgehead atoms. The van der Waals surface area contributed by atoms with E-state index in [0.717, 1.165) is 35.9 Å². The molecule has 3 rings (SSSR count). The number of nitrogens with zero attached hydrogens (tertiary/aromatic N) is 2. The maximum atomic E-state index is 13.8. The lowest BCUT2D eigenvalue weighted by Crippen LogP contribution is -2.48. The van der Waals surface area contributed by atoms with Gasteiger partial charge in [-0.05, 0) is 55.5 Å². The van der Waals surface area contributed by atoms with Crippen LogP contribution in [0.15, 0.2) is 48.7 Å². The Morgan fingerprint density at radius 3 is 2.36 bits per heavy atom. The van der Waals surface area contributed by atoms with Gasteiger partial charge < -0.3 is 21.1 Å². The van der Waals surface area contributed by atoms with Gasteiger partial charge in [0.1, 0.15) is 11.6 Å². The highest BCUT2D eigenvalue weighted by atomic mass is 19.1. The van der Waals surface area contributed by atoms with E-state index in [0.29, 0.717) is 23.6 Å². The van der Waals surface area contributed by atoms with E-state index in [4.69, 9.17) is 0 Å². The minimum absolute atomic E-state index is 0.00106. The second kappa shape index (κ2) is 14.4. The molecule has 2 amide bonds. The highest BCUT2D eigenvalue weighted by Crippen LogP contribution is 2.13. The first-order valence-electron chi connectivity index (χ1n) is 12.9. The molecule has 0 radical (unpaired) electrons. The number of carbonyl (C=O) groups excluding carboxylic acids is 2. The summed E-state index contributed by atoms with van der Waals surface area (Å²) in [7, 11) is 0. The van der Waals surface area contributed by atoms with Gasteiger partial charge in [0.05, 0.1) is 29.7 Å². The zero-order chi connectivity index (χ0) is 28.4. The highest BCUT2D eigenvalue weighted by Gasteiger charge is 2.23. The van der Waals surface area contributed by atoms with Gasteiger partial charge in [0.15, 0.2) is 5.82 Å². The molecule has 1 aromatic heterocycles. The van der Waals surface area contributed by atoms with Crippen molar-refractivity contribution in [1.29, 1.82) is 0 Å². The Morgan fingerprint density at radius 2 is 1.67 bits per heavy atom. The molecule has 0 saturated heterocycles. The first-order valence-corrected chi connectivity index (χ1v) is 12.9. The van der Waals surface area contributed by atoms with Crippen molar-refractivity contribution in [2.75, 3.05) is 11.9 Å². The molecule has 208 valence electrons. The third-order valence-corrected chi connectivity index (χ3v) is 6.18. The van der Waals surface area contributed by atoms with E-state index < -0.39 is 35.6 Å². The minimum atomic E-state index is -1.06. The van der Waals surface area contributed by atoms with Gasteiger partial charge in [-0.15, -0.1) is 0 Å². The number of aryl methyl sites for hydroxylation is 3. The van der Waals surface area contributed by atoms with Gasteiger partial charge in [-0.3, -0.25) is 14.6 Å². The molecule has 4 N–H and O–H groups in total. The van der Waals surface area contributed by atoms with Crippen molar-refractivity contribution < 1.29 is 23.5 Å². The van der Waals surface area contributed by atoms with Crippen LogP contribution in [0.4, 0.5) is 14.6 Å². The van der Waals surface area contributed by atoms with Crippen molar-refractivity contribution in [2.24, 2.45) is 0 Å². The minimum Gasteiger partial charge on any atom is -0.390 e. The van der Waals surface area contributed by atoms with E-state index in [2.05, 4.69) is 38.9 Å². The number of halogens is 2. The number of rotatable bonds is 13. The van der Waals surface area contributed by atoms with E-state index in [1.807, 2.05) is 18.2 Å². The molecule has 0 aliphatic heterocycles. The van der Waals surface area contributed by atoms with Gasteiger partial charge in [-0.1, -0.05) is 31.2 Å². The summed E-state index contributed by atoms with van der Waals surface area (Å²) >= 11 is 0. The summed E-state index contributed by atoms with van der Waals surface area (Å²) in [5, 5.41) is 19.4. The van der Waals surface area contributed by atoms with Gasteiger partial charge in [-0.25, -0.2) is 13.8 Å². The van der Waals surface area contributed by atoms with Gasteiger partial charge in [0, 0.05) is 32.0 Å². The quantitative estimate of drug-likeness (QED) is 0.264. The molecule has 39 heavy (non-hydrogen) atoms. The summed E-state index contributed by atoms with van der Waals surface area (Å²) < 4.78 is 27.6. The van der Waals surface area contributed by atoms with Crippen LogP contribution in [-0.4, -0.2) is 45.6 Å². The highest BCUT2D eigenvalue weighted by molar-refractivity contribution is 5.92. The van der Waals surface area contributed by atoms with Crippen LogP contribution in [0, 0.1) is 25.5 Å². The van der Waals surface area contributed by atoms with Crippen LogP contribution in [0.2, 0.25) is 0 Å². The van der Waals surface area contributed by atoms with E-state index in [-0.39, 0.29) is 25.8 Å². The lowest BCUT2D eigenvalue weighted by Gasteiger charge is -2.25. The zero-order valence-corrected chi connectivity index (χ0v) is 22.4. The SMILES string of the molecule is CCc1cccc(CNC[C@H](O)[C@@H](Cc2cc(F)cc(F)c2)NC(=O)CCC(=O)Nc2ncc(C)nc2C)c1. The Morgan fingerprint density at radius 1 is 0.974 bits per heavy atom. The average Bonchev–Trinajstić information content (AvgIpc) is 2.88. The van der Waals surface area contributed by atoms with Crippen LogP contribution >= 0.6 is 0 Å². The molecule has 0 aliphatic rings. The molecule has 2 aromatic carbocycles. The first kappa shape index (κ1) is 29.8. The van der Waals surface area contributed by atoms with Crippen LogP contribution in [0.3, 0.4) is 0 Å². The number of nitrogens with one attached hydrogen (secondary N) is 3. The molecule has 0 saturated carbocycles. The van der Waals surface area contributed by atoms with E-state index >= 15 is 0 Å². The number of aliphatic hydroxyl groups excluding tert-OH is 1. The summed E-state index contributed by atoms with van der Waals surface area (Å²) in [4.78, 5) is 33.5. The second-order valence-corrected chi connectivity index (χ2v) is 9.52. The molecular formula is C29H35F2N5O3. The second-order valence-electron chi connectivity index (χ2n) is 9.52. The fourth-order valence-electron chi connectivity index (χ4n) is 4.15. The normalized spacial score (nSPS) is 12.6. The molecular weight excluding hydrogens is 504 g/mol. The fourth-order valence-corrected chi connectivity index (χ4v) is 4.15. The fraction of sp³-hybridized carbons (Fsp3) is 0.379. The number of aliphatic hydroxyl groups is 1. The van der Waals surface area contributed by atoms with Crippen molar-refractivity contribution in [3.63, 3.8) is 0 Å². The number of aromatic nitrogens is 2. The third kappa shape index (κ3) is 9.81. The van der Waals surface area contributed by atoms with Crippen molar-refractivity contribution in [2.45, 2.75) is 65.1 Å². The smallest absolute Gasteiger partial charge is 0.226 e. The predicted octanol–water partition coefficient (Wildman–Crippen LogP) is 3.53. The van der Waals surface area contributed by atoms with E-state index in [9.17, 15) is 23.5 Å². The molecule has 0 fully saturated rings. The van der Waals surface area contributed by atoms with Gasteiger partial charge in [-0.2, -0.15) is 0 Å². The number of carbonyl (C=O) groups is 2. The number of anilines is 1. The Balaban J connectivity index is 1.60. The summed E-state index contributed by atoms with van der Waals surface area (Å²) in [6.45, 7) is 6.21. The molecule has 0 aliphatic carbocycles. The maximum Gasteiger partial charge on any atom is 0.226 e. The number of amides is 2. The Kier molecular flexibility index (Phi) is 11.0. The third-order valence-electron chi connectivity index (χ3n) is 6.18. The number of hydrogen-bond donors (Lipinski definition) is 4. The Bertz CT molecular complexity index is 1270. The summed E-state index contributed by atoms with van der Waals surface area (Å²) in [5.74, 6) is -2.06. The lowest BCUT2D eigenvalue weighted by molar-refractivity contribution is -0.125. The zero-order valence-electron chi connectivity index (χ0n) is 22.4. The predicted molar refractivity (Wildman–Crippen MR) is 145 cm³/mol. The average molecular weight is 540 g/mol. The van der Waals surface area contributed by atoms with Gasteiger partial charge in [0.25, 0.3) is 0 Å². The Labute approximate surface area is 227 Å². The van der Waals surface area contributed by atoms with Crippen molar-refractivity contribution in [3.05, 3.63) is 88.4 Å². The number of benzene rings is 2. The van der Waals surface area contributed by atoms with Crippen LogP contribution in [-0.2, 0) is 29.0 Å². The monoisotopic (exact) mass is 539 g/mol. The summed E-state index contributed by atoms with van der Waals surface area (Å²) in [5.41, 5.74) is 3.82. The summed E-state index contributed by atoms with van der Waals surface area (Å²) in [6, 6.07) is 10.3. The topological polar surface area (TPSA) is 116 Å². The summed E-state index contributed by atoms with van der Waals surface area (Å²) in [6.07, 6.45) is 1.11. The molecule has 3 aromatic rings. The van der Waals surface area contributed by atoms with Crippen LogP contribution in [0.1, 0.15) is 47.8 Å². The number of hydrogen-bond acceptors (Lipinski definition) is 6. The lowest BCUT2D eigenvalue weighted by atomic mass is 10.00. The van der Waals surface area contributed by atoms with Crippen LogP contribution < -0.4 is 16.0 Å². The van der Waals surface area contributed by atoms with E-state index in [1.165, 1.54) is 11.8 Å². The van der Waals surface area contributed by atoms with Crippen molar-refractivity contribution in [1.82, 2.24) is 20.6 Å². The maximum absolute atomic E-state index is 13.8. The first-order chi connectivity index (χ1) is 18.6. The molecule has 2 atom stereocenters. The van der Waals surface area contributed by atoms with Crippen LogP contribution in [0.25, 0.3) is 0 Å². The van der Waals surface area contributed by atoms with Gasteiger partial charge >= 0.3 is 0 Å². The van der Waals surface area contributed by atoms with Crippen molar-refractivity contribution >= 4 is 17.6 Å². The largest absolute Gasteiger partial charge is 0.390 e. The molecule has 0 unspecified atom stereocenters. The Hall–Kier alpha value is -3.76. The van der Waals surface area contributed by atoms with Crippen LogP contribution in [0.5, 0.6) is 0 Å². The standard InChI is InChI=1S/C29H35F2N5O3/c1-4-20-6-5-7-21(10-20)16-32-17-26(37)25(13-22-11-23(30)14-24(31)12-22)35-27(38)8-9-28(39)36-29-19(3)34-18(2)15-33-29/h5-7,10-12,14-15,25-26,32,37H,4,8-9,13,16-17H2,1-3H3,(H,35,38)(H,33,36,39)/t25-,26+/m1/s1. The molecule has 8 nitrogen and oxygen atoms in total. The van der Waals surface area contributed by atoms with Crippen molar-refractivity contribution in [3.8, 4) is 0 Å². The molecule has 10 heteroatoms. The molecule has 0 spiro atoms.